The number of carbonyl (C=O) groups excluding carboxylic acids is 1. The highest BCUT2D eigenvalue weighted by atomic mass is 16.5. The number of nitrogens with zero attached hydrogens (tertiary/aromatic N) is 1. The molecule has 4 heteroatoms. The maximum absolute atomic E-state index is 10.8. The average molecular weight is 188 g/mol. The molecule has 0 saturated heterocycles. The Morgan fingerprint density at radius 1 is 1.38 bits per heavy atom. The van der Waals surface area contributed by atoms with Gasteiger partial charge in [-0.2, -0.15) is 0 Å². The largest absolute Gasteiger partial charge is 0.469 e. The van der Waals surface area contributed by atoms with Crippen LogP contribution in [0.15, 0.2) is 0 Å². The number of carbonyl (C=O) groups is 1. The van der Waals surface area contributed by atoms with Gasteiger partial charge in [0, 0.05) is 19.6 Å². The molecule has 0 aliphatic rings. The molecule has 0 amide bonds. The van der Waals surface area contributed by atoms with E-state index in [2.05, 4.69) is 16.6 Å². The van der Waals surface area contributed by atoms with E-state index >= 15 is 0 Å². The Morgan fingerprint density at radius 2 is 2.08 bits per heavy atom. The minimum Gasteiger partial charge on any atom is -0.469 e. The SMILES string of the molecule is CCCN(CCN)CCC(=O)OC. The summed E-state index contributed by atoms with van der Waals surface area (Å²) in [6.45, 7) is 5.35. The van der Waals surface area contributed by atoms with Crippen molar-refractivity contribution >= 4 is 5.97 Å². The monoisotopic (exact) mass is 188 g/mol. The number of methoxy groups -OCH3 is 1. The highest BCUT2D eigenvalue weighted by Crippen LogP contribution is 1.94. The van der Waals surface area contributed by atoms with E-state index in [1.165, 1.54) is 7.11 Å². The summed E-state index contributed by atoms with van der Waals surface area (Å²) in [6, 6.07) is 0. The van der Waals surface area contributed by atoms with Crippen LogP contribution in [0.1, 0.15) is 19.8 Å². The molecule has 0 aromatic rings. The zero-order valence-corrected chi connectivity index (χ0v) is 8.58. The first kappa shape index (κ1) is 12.4. The first-order valence-electron chi connectivity index (χ1n) is 4.73. The molecule has 0 fully saturated rings. The molecule has 0 radical (unpaired) electrons. The number of esters is 1. The van der Waals surface area contributed by atoms with Gasteiger partial charge in [0.2, 0.25) is 0 Å². The Hall–Kier alpha value is -0.610. The molecule has 0 aliphatic heterocycles. The van der Waals surface area contributed by atoms with Crippen LogP contribution in [0.3, 0.4) is 0 Å². The lowest BCUT2D eigenvalue weighted by Crippen LogP contribution is -2.32. The van der Waals surface area contributed by atoms with E-state index in [1.54, 1.807) is 0 Å². The predicted octanol–water partition coefficient (Wildman–Crippen LogP) is 0.220. The van der Waals surface area contributed by atoms with Gasteiger partial charge in [0.1, 0.15) is 0 Å². The maximum atomic E-state index is 10.8. The summed E-state index contributed by atoms with van der Waals surface area (Å²) in [7, 11) is 1.41. The van der Waals surface area contributed by atoms with Crippen LogP contribution >= 0.6 is 0 Å². The Kier molecular flexibility index (Phi) is 7.63. The van der Waals surface area contributed by atoms with Gasteiger partial charge >= 0.3 is 5.97 Å². The predicted molar refractivity (Wildman–Crippen MR) is 52.4 cm³/mol. The van der Waals surface area contributed by atoms with Gasteiger partial charge in [-0.15, -0.1) is 0 Å². The molecule has 0 saturated carbocycles. The van der Waals surface area contributed by atoms with Gasteiger partial charge in [-0.05, 0) is 13.0 Å². The Morgan fingerprint density at radius 3 is 2.54 bits per heavy atom. The third-order valence-corrected chi connectivity index (χ3v) is 1.84. The standard InChI is InChI=1S/C9H20N2O2/c1-3-6-11(8-5-10)7-4-9(12)13-2/h3-8,10H2,1-2H3. The lowest BCUT2D eigenvalue weighted by atomic mass is 10.3. The fraction of sp³-hybridized carbons (Fsp3) is 0.889. The second-order valence-electron chi connectivity index (χ2n) is 2.96. The zero-order valence-electron chi connectivity index (χ0n) is 8.58. The van der Waals surface area contributed by atoms with Crippen LogP contribution in [-0.4, -0.2) is 44.2 Å². The molecule has 78 valence electrons. The first-order valence-corrected chi connectivity index (χ1v) is 4.73. The van der Waals surface area contributed by atoms with Crippen molar-refractivity contribution in [2.75, 3.05) is 33.3 Å². The topological polar surface area (TPSA) is 55.6 Å². The molecule has 0 aromatic heterocycles. The first-order chi connectivity index (χ1) is 6.24. The number of hydrogen-bond donors (Lipinski definition) is 1. The maximum Gasteiger partial charge on any atom is 0.306 e. The van der Waals surface area contributed by atoms with Crippen molar-refractivity contribution in [2.24, 2.45) is 5.73 Å². The third-order valence-electron chi connectivity index (χ3n) is 1.84. The van der Waals surface area contributed by atoms with Crippen molar-refractivity contribution in [3.8, 4) is 0 Å². The molecule has 0 bridgehead atoms. The summed E-state index contributed by atoms with van der Waals surface area (Å²) in [5.74, 6) is -0.155. The highest BCUT2D eigenvalue weighted by Gasteiger charge is 2.06. The van der Waals surface area contributed by atoms with Crippen LogP contribution in [0.5, 0.6) is 0 Å². The Balaban J connectivity index is 3.61. The van der Waals surface area contributed by atoms with Gasteiger partial charge in [0.25, 0.3) is 0 Å². The summed E-state index contributed by atoms with van der Waals surface area (Å²) >= 11 is 0. The lowest BCUT2D eigenvalue weighted by molar-refractivity contribution is -0.140. The molecule has 13 heavy (non-hydrogen) atoms. The highest BCUT2D eigenvalue weighted by molar-refractivity contribution is 5.69. The molecule has 0 spiro atoms. The van der Waals surface area contributed by atoms with Crippen LogP contribution in [-0.2, 0) is 9.53 Å². The van der Waals surface area contributed by atoms with Crippen molar-refractivity contribution in [1.82, 2.24) is 4.90 Å². The van der Waals surface area contributed by atoms with E-state index in [-0.39, 0.29) is 5.97 Å². The summed E-state index contributed by atoms with van der Waals surface area (Å²) < 4.78 is 4.56. The number of ether oxygens (including phenoxy) is 1. The number of hydrogen-bond acceptors (Lipinski definition) is 4. The van der Waals surface area contributed by atoms with Gasteiger partial charge in [-0.3, -0.25) is 4.79 Å². The molecule has 0 heterocycles. The zero-order chi connectivity index (χ0) is 10.1. The molecule has 2 N–H and O–H groups in total. The van der Waals surface area contributed by atoms with E-state index in [9.17, 15) is 4.79 Å². The van der Waals surface area contributed by atoms with Crippen LogP contribution < -0.4 is 5.73 Å². The molecular weight excluding hydrogens is 168 g/mol. The van der Waals surface area contributed by atoms with Crippen molar-refractivity contribution in [3.05, 3.63) is 0 Å². The molecule has 0 unspecified atom stereocenters. The summed E-state index contributed by atoms with van der Waals surface area (Å²) in [4.78, 5) is 13.0. The van der Waals surface area contributed by atoms with Crippen molar-refractivity contribution in [2.45, 2.75) is 19.8 Å². The fourth-order valence-corrected chi connectivity index (χ4v) is 1.19. The normalized spacial score (nSPS) is 10.5. The van der Waals surface area contributed by atoms with Gasteiger partial charge < -0.3 is 15.4 Å². The van der Waals surface area contributed by atoms with E-state index in [0.29, 0.717) is 13.0 Å². The molecule has 0 aromatic carbocycles. The molecule has 0 atom stereocenters. The van der Waals surface area contributed by atoms with E-state index in [4.69, 9.17) is 5.73 Å². The van der Waals surface area contributed by atoms with Crippen molar-refractivity contribution in [1.29, 1.82) is 0 Å². The van der Waals surface area contributed by atoms with Crippen molar-refractivity contribution in [3.63, 3.8) is 0 Å². The molecule has 0 aliphatic carbocycles. The van der Waals surface area contributed by atoms with E-state index in [0.717, 1.165) is 26.1 Å². The summed E-state index contributed by atoms with van der Waals surface area (Å²) in [6.07, 6.45) is 1.54. The van der Waals surface area contributed by atoms with Gasteiger partial charge in [0.15, 0.2) is 0 Å². The smallest absolute Gasteiger partial charge is 0.306 e. The second-order valence-corrected chi connectivity index (χ2v) is 2.96. The van der Waals surface area contributed by atoms with Crippen molar-refractivity contribution < 1.29 is 9.53 Å². The second kappa shape index (κ2) is 8.01. The quantitative estimate of drug-likeness (QED) is 0.581. The third kappa shape index (κ3) is 6.54. The van der Waals surface area contributed by atoms with Gasteiger partial charge in [-0.1, -0.05) is 6.92 Å². The molecule has 4 nitrogen and oxygen atoms in total. The van der Waals surface area contributed by atoms with Crippen LogP contribution in [0, 0.1) is 0 Å². The van der Waals surface area contributed by atoms with Crippen LogP contribution in [0.4, 0.5) is 0 Å². The van der Waals surface area contributed by atoms with E-state index in [1.807, 2.05) is 0 Å². The number of rotatable bonds is 7. The summed E-state index contributed by atoms with van der Waals surface area (Å²) in [5, 5.41) is 0. The lowest BCUT2D eigenvalue weighted by Gasteiger charge is -2.19. The van der Waals surface area contributed by atoms with Gasteiger partial charge in [-0.25, -0.2) is 0 Å². The summed E-state index contributed by atoms with van der Waals surface area (Å²) in [5.41, 5.74) is 5.44. The average Bonchev–Trinajstić information content (AvgIpc) is 2.14. The van der Waals surface area contributed by atoms with Crippen LogP contribution in [0.25, 0.3) is 0 Å². The minimum atomic E-state index is -0.155. The number of nitrogens with two attached hydrogens (primary N) is 1. The minimum absolute atomic E-state index is 0.155. The fourth-order valence-electron chi connectivity index (χ4n) is 1.19. The van der Waals surface area contributed by atoms with Crippen LogP contribution in [0.2, 0.25) is 0 Å². The Bertz CT molecular complexity index is 134. The van der Waals surface area contributed by atoms with E-state index < -0.39 is 0 Å². The Labute approximate surface area is 80.0 Å². The molecular formula is C9H20N2O2. The van der Waals surface area contributed by atoms with Gasteiger partial charge in [0.05, 0.1) is 13.5 Å². The molecule has 0 rings (SSSR count).